The maximum atomic E-state index is 12.5. The predicted octanol–water partition coefficient (Wildman–Crippen LogP) is 2.07. The standard InChI is InChI=1S/C20H25N3O3/c1-22-11-5-8-18(22)20(25)23-12-9-16(10-13-23)14-21-19(24)15-26-17-6-3-2-4-7-17/h2-8,11,16H,9-10,12-15H2,1H3,(H,21,24). The van der Waals surface area contributed by atoms with Crippen LogP contribution in [0.15, 0.2) is 48.7 Å². The Hall–Kier alpha value is -2.76. The van der Waals surface area contributed by atoms with Gasteiger partial charge in [0.15, 0.2) is 6.61 Å². The molecular weight excluding hydrogens is 330 g/mol. The van der Waals surface area contributed by atoms with E-state index in [2.05, 4.69) is 5.32 Å². The van der Waals surface area contributed by atoms with Crippen molar-refractivity contribution in [3.63, 3.8) is 0 Å². The summed E-state index contributed by atoms with van der Waals surface area (Å²) >= 11 is 0. The molecule has 6 heteroatoms. The molecule has 1 aliphatic rings. The summed E-state index contributed by atoms with van der Waals surface area (Å²) in [6, 6.07) is 13.0. The number of carbonyl (C=O) groups is 2. The monoisotopic (exact) mass is 355 g/mol. The topological polar surface area (TPSA) is 63.6 Å². The van der Waals surface area contributed by atoms with E-state index in [0.29, 0.717) is 18.2 Å². The number of ether oxygens (including phenoxy) is 1. The highest BCUT2D eigenvalue weighted by atomic mass is 16.5. The second-order valence-corrected chi connectivity index (χ2v) is 6.65. The van der Waals surface area contributed by atoms with Crippen LogP contribution >= 0.6 is 0 Å². The number of rotatable bonds is 6. The molecule has 1 N–H and O–H groups in total. The van der Waals surface area contributed by atoms with Gasteiger partial charge in [-0.3, -0.25) is 9.59 Å². The quantitative estimate of drug-likeness (QED) is 0.863. The molecule has 0 saturated carbocycles. The van der Waals surface area contributed by atoms with Crippen molar-refractivity contribution in [3.05, 3.63) is 54.4 Å². The van der Waals surface area contributed by atoms with Gasteiger partial charge in [-0.15, -0.1) is 0 Å². The SMILES string of the molecule is Cn1cccc1C(=O)N1CCC(CNC(=O)COc2ccccc2)CC1. The van der Waals surface area contributed by atoms with Crippen LogP contribution in [0.1, 0.15) is 23.3 Å². The second kappa shape index (κ2) is 8.56. The molecule has 26 heavy (non-hydrogen) atoms. The number of amides is 2. The highest BCUT2D eigenvalue weighted by Crippen LogP contribution is 2.18. The average molecular weight is 355 g/mol. The van der Waals surface area contributed by atoms with E-state index in [9.17, 15) is 9.59 Å². The second-order valence-electron chi connectivity index (χ2n) is 6.65. The minimum absolute atomic E-state index is 0.0227. The van der Waals surface area contributed by atoms with E-state index in [4.69, 9.17) is 4.74 Å². The first-order valence-electron chi connectivity index (χ1n) is 8.98. The van der Waals surface area contributed by atoms with Gasteiger partial charge in [0.25, 0.3) is 11.8 Å². The van der Waals surface area contributed by atoms with Crippen LogP contribution in [0.25, 0.3) is 0 Å². The number of piperidine rings is 1. The number of benzene rings is 1. The van der Waals surface area contributed by atoms with Crippen molar-refractivity contribution in [2.75, 3.05) is 26.2 Å². The summed E-state index contributed by atoms with van der Waals surface area (Å²) in [6.07, 6.45) is 3.68. The van der Waals surface area contributed by atoms with Gasteiger partial charge in [-0.1, -0.05) is 18.2 Å². The lowest BCUT2D eigenvalue weighted by molar-refractivity contribution is -0.123. The van der Waals surface area contributed by atoms with Gasteiger partial charge in [-0.25, -0.2) is 0 Å². The molecule has 1 saturated heterocycles. The Kier molecular flexibility index (Phi) is 5.94. The van der Waals surface area contributed by atoms with E-state index in [1.807, 2.05) is 65.2 Å². The van der Waals surface area contributed by atoms with E-state index in [1.54, 1.807) is 0 Å². The third-order valence-electron chi connectivity index (χ3n) is 4.77. The predicted molar refractivity (Wildman–Crippen MR) is 99.0 cm³/mol. The Morgan fingerprint density at radius 1 is 1.12 bits per heavy atom. The van der Waals surface area contributed by atoms with E-state index in [1.165, 1.54) is 0 Å². The van der Waals surface area contributed by atoms with Crippen molar-refractivity contribution in [2.24, 2.45) is 13.0 Å². The van der Waals surface area contributed by atoms with Crippen molar-refractivity contribution in [3.8, 4) is 5.75 Å². The molecule has 0 atom stereocenters. The summed E-state index contributed by atoms with van der Waals surface area (Å²) in [7, 11) is 1.88. The fourth-order valence-electron chi connectivity index (χ4n) is 3.16. The molecule has 1 aromatic heterocycles. The van der Waals surface area contributed by atoms with E-state index in [-0.39, 0.29) is 18.4 Å². The zero-order valence-electron chi connectivity index (χ0n) is 15.1. The maximum Gasteiger partial charge on any atom is 0.270 e. The number of hydrogen-bond acceptors (Lipinski definition) is 3. The Balaban J connectivity index is 1.37. The minimum Gasteiger partial charge on any atom is -0.484 e. The number of hydrogen-bond donors (Lipinski definition) is 1. The summed E-state index contributed by atoms with van der Waals surface area (Å²) in [5.41, 5.74) is 0.717. The van der Waals surface area contributed by atoms with Crippen LogP contribution in [0, 0.1) is 5.92 Å². The van der Waals surface area contributed by atoms with Gasteiger partial charge >= 0.3 is 0 Å². The molecule has 0 radical (unpaired) electrons. The normalized spacial score (nSPS) is 14.9. The fraction of sp³-hybridized carbons (Fsp3) is 0.400. The molecule has 2 amide bonds. The number of nitrogens with one attached hydrogen (secondary N) is 1. The number of carbonyl (C=O) groups excluding carboxylic acids is 2. The Morgan fingerprint density at radius 3 is 2.50 bits per heavy atom. The highest BCUT2D eigenvalue weighted by molar-refractivity contribution is 5.92. The number of aromatic nitrogens is 1. The van der Waals surface area contributed by atoms with Crippen LogP contribution in [-0.2, 0) is 11.8 Å². The van der Waals surface area contributed by atoms with Crippen LogP contribution < -0.4 is 10.1 Å². The summed E-state index contributed by atoms with van der Waals surface area (Å²) < 4.78 is 7.29. The average Bonchev–Trinajstić information content (AvgIpc) is 3.11. The van der Waals surface area contributed by atoms with E-state index < -0.39 is 0 Å². The number of aryl methyl sites for hydroxylation is 1. The molecule has 0 unspecified atom stereocenters. The van der Waals surface area contributed by atoms with Crippen LogP contribution in [0.3, 0.4) is 0 Å². The van der Waals surface area contributed by atoms with Crippen molar-refractivity contribution in [1.29, 1.82) is 0 Å². The lowest BCUT2D eigenvalue weighted by Gasteiger charge is -2.32. The third-order valence-corrected chi connectivity index (χ3v) is 4.77. The lowest BCUT2D eigenvalue weighted by atomic mass is 9.96. The van der Waals surface area contributed by atoms with Crippen LogP contribution in [-0.4, -0.2) is 47.5 Å². The molecule has 1 aliphatic heterocycles. The molecule has 138 valence electrons. The Bertz CT molecular complexity index is 734. The summed E-state index contributed by atoms with van der Waals surface area (Å²) in [5.74, 6) is 1.05. The van der Waals surface area contributed by atoms with Crippen molar-refractivity contribution in [1.82, 2.24) is 14.8 Å². The molecule has 0 bridgehead atoms. The molecule has 6 nitrogen and oxygen atoms in total. The molecule has 0 spiro atoms. The van der Waals surface area contributed by atoms with Crippen LogP contribution in [0.5, 0.6) is 5.75 Å². The van der Waals surface area contributed by atoms with E-state index >= 15 is 0 Å². The van der Waals surface area contributed by atoms with Crippen molar-refractivity contribution < 1.29 is 14.3 Å². The first-order valence-corrected chi connectivity index (χ1v) is 8.98. The number of nitrogens with zero attached hydrogens (tertiary/aromatic N) is 2. The molecule has 0 aliphatic carbocycles. The van der Waals surface area contributed by atoms with Crippen LogP contribution in [0.4, 0.5) is 0 Å². The first kappa shape index (κ1) is 18.0. The van der Waals surface area contributed by atoms with Crippen LogP contribution in [0.2, 0.25) is 0 Å². The van der Waals surface area contributed by atoms with Gasteiger partial charge in [0.05, 0.1) is 0 Å². The van der Waals surface area contributed by atoms with Gasteiger partial charge in [-0.2, -0.15) is 0 Å². The van der Waals surface area contributed by atoms with E-state index in [0.717, 1.165) is 31.6 Å². The smallest absolute Gasteiger partial charge is 0.270 e. The van der Waals surface area contributed by atoms with Gasteiger partial charge < -0.3 is 19.5 Å². The summed E-state index contributed by atoms with van der Waals surface area (Å²) in [6.45, 7) is 2.11. The number of likely N-dealkylation sites (tertiary alicyclic amines) is 1. The Labute approximate surface area is 153 Å². The van der Waals surface area contributed by atoms with Gasteiger partial charge in [-0.05, 0) is 43.0 Å². The first-order chi connectivity index (χ1) is 12.6. The molecule has 3 rings (SSSR count). The molecule has 1 fully saturated rings. The van der Waals surface area contributed by atoms with Crippen molar-refractivity contribution in [2.45, 2.75) is 12.8 Å². The Morgan fingerprint density at radius 2 is 1.85 bits per heavy atom. The highest BCUT2D eigenvalue weighted by Gasteiger charge is 2.24. The van der Waals surface area contributed by atoms with Gasteiger partial charge in [0.2, 0.25) is 0 Å². The zero-order chi connectivity index (χ0) is 18.4. The number of para-hydroxylation sites is 1. The van der Waals surface area contributed by atoms with Crippen molar-refractivity contribution >= 4 is 11.8 Å². The third kappa shape index (κ3) is 4.65. The minimum atomic E-state index is -0.115. The molecule has 1 aromatic carbocycles. The zero-order valence-corrected chi connectivity index (χ0v) is 15.1. The molecular formula is C20H25N3O3. The molecule has 2 heterocycles. The largest absolute Gasteiger partial charge is 0.484 e. The molecule has 2 aromatic rings. The lowest BCUT2D eigenvalue weighted by Crippen LogP contribution is -2.42. The fourth-order valence-corrected chi connectivity index (χ4v) is 3.16. The van der Waals surface area contributed by atoms with Gasteiger partial charge in [0.1, 0.15) is 11.4 Å². The van der Waals surface area contributed by atoms with Gasteiger partial charge in [0, 0.05) is 32.9 Å². The summed E-state index contributed by atoms with van der Waals surface area (Å²) in [5, 5.41) is 2.93. The maximum absolute atomic E-state index is 12.5. The summed E-state index contributed by atoms with van der Waals surface area (Å²) in [4.78, 5) is 26.3.